The largest absolute Gasteiger partial charge is 0.481 e. The van der Waals surface area contributed by atoms with Crippen molar-refractivity contribution in [1.82, 2.24) is 4.90 Å². The number of carbonyl (C=O) groups is 2. The minimum absolute atomic E-state index is 0.0110. The molecule has 0 saturated heterocycles. The number of alkyl halides is 2. The molecule has 6 nitrogen and oxygen atoms in total. The molecule has 1 N–H and O–H groups in total. The molecule has 0 saturated carbocycles. The average molecular weight is 349 g/mol. The van der Waals surface area contributed by atoms with Crippen LogP contribution in [0.2, 0.25) is 0 Å². The van der Waals surface area contributed by atoms with Crippen LogP contribution < -0.4 is 0 Å². The van der Waals surface area contributed by atoms with Gasteiger partial charge in [-0.1, -0.05) is 0 Å². The number of halogens is 2. The lowest BCUT2D eigenvalue weighted by molar-refractivity contribution is -0.137. The topological polar surface area (TPSA) is 91.8 Å². The summed E-state index contributed by atoms with van der Waals surface area (Å²) in [6, 6.07) is 3.86. The van der Waals surface area contributed by atoms with Crippen molar-refractivity contribution in [2.75, 3.05) is 6.54 Å². The van der Waals surface area contributed by atoms with Crippen LogP contribution in [-0.4, -0.2) is 48.6 Å². The molecule has 23 heavy (non-hydrogen) atoms. The van der Waals surface area contributed by atoms with Crippen LogP contribution in [0.25, 0.3) is 0 Å². The van der Waals surface area contributed by atoms with Gasteiger partial charge < -0.3 is 10.0 Å². The molecule has 1 aromatic rings. The molecule has 128 valence electrons. The zero-order valence-corrected chi connectivity index (χ0v) is 13.4. The first-order chi connectivity index (χ1) is 10.6. The normalized spacial score (nSPS) is 11.7. The van der Waals surface area contributed by atoms with E-state index >= 15 is 0 Å². The zero-order valence-electron chi connectivity index (χ0n) is 12.6. The Morgan fingerprint density at radius 1 is 1.17 bits per heavy atom. The van der Waals surface area contributed by atoms with Crippen molar-refractivity contribution >= 4 is 21.7 Å². The van der Waals surface area contributed by atoms with Gasteiger partial charge in [-0.15, -0.1) is 0 Å². The summed E-state index contributed by atoms with van der Waals surface area (Å²) in [4.78, 5) is 23.7. The summed E-state index contributed by atoms with van der Waals surface area (Å²) in [6.45, 7) is 3.40. The van der Waals surface area contributed by atoms with E-state index in [9.17, 15) is 26.8 Å². The average Bonchev–Trinajstić information content (AvgIpc) is 2.46. The van der Waals surface area contributed by atoms with Crippen LogP contribution in [0.3, 0.4) is 0 Å². The van der Waals surface area contributed by atoms with Crippen LogP contribution >= 0.6 is 0 Å². The van der Waals surface area contributed by atoms with Gasteiger partial charge in [0.2, 0.25) is 9.84 Å². The molecule has 0 aliphatic carbocycles. The Balaban J connectivity index is 3.01. The molecule has 0 radical (unpaired) electrons. The third-order valence-electron chi connectivity index (χ3n) is 3.12. The molecule has 1 amide bonds. The number of aliphatic carboxylic acids is 1. The fourth-order valence-electron chi connectivity index (χ4n) is 1.87. The minimum Gasteiger partial charge on any atom is -0.481 e. The maximum Gasteiger partial charge on any atom is 0.341 e. The van der Waals surface area contributed by atoms with Gasteiger partial charge in [0.15, 0.2) is 0 Å². The molecule has 0 unspecified atom stereocenters. The molecule has 1 aromatic carbocycles. The Bertz CT molecular complexity index is 671. The molecule has 0 aliphatic heterocycles. The van der Waals surface area contributed by atoms with E-state index in [0.717, 1.165) is 24.3 Å². The number of nitrogens with zero attached hydrogens (tertiary/aromatic N) is 1. The number of amides is 1. The second-order valence-corrected chi connectivity index (χ2v) is 6.98. The Morgan fingerprint density at radius 3 is 2.09 bits per heavy atom. The van der Waals surface area contributed by atoms with Crippen molar-refractivity contribution in [3.05, 3.63) is 29.8 Å². The Hall–Kier alpha value is -2.03. The van der Waals surface area contributed by atoms with Crippen molar-refractivity contribution in [2.45, 2.75) is 37.0 Å². The Morgan fingerprint density at radius 2 is 1.70 bits per heavy atom. The SMILES string of the molecule is CC(C)N(CCC(=O)O)C(=O)c1ccc(S(=O)(=O)C(F)F)cc1. The smallest absolute Gasteiger partial charge is 0.341 e. The molecular formula is C14H17F2NO5S. The second-order valence-electron chi connectivity index (χ2n) is 5.07. The third kappa shape index (κ3) is 4.72. The minimum atomic E-state index is -4.71. The summed E-state index contributed by atoms with van der Waals surface area (Å²) in [7, 11) is -4.71. The summed E-state index contributed by atoms with van der Waals surface area (Å²) < 4.78 is 47.5. The van der Waals surface area contributed by atoms with Gasteiger partial charge in [0.25, 0.3) is 5.91 Å². The fourth-order valence-corrected chi connectivity index (χ4v) is 2.59. The van der Waals surface area contributed by atoms with Crippen molar-refractivity contribution in [1.29, 1.82) is 0 Å². The summed E-state index contributed by atoms with van der Waals surface area (Å²) in [5, 5.41) is 8.70. The van der Waals surface area contributed by atoms with Crippen LogP contribution in [0.4, 0.5) is 8.78 Å². The third-order valence-corrected chi connectivity index (χ3v) is 4.51. The predicted octanol–water partition coefficient (Wildman–Crippen LogP) is 2.01. The number of carboxylic acid groups (broad SMARTS) is 1. The van der Waals surface area contributed by atoms with Crippen LogP contribution in [0, 0.1) is 0 Å². The molecule has 0 aromatic heterocycles. The van der Waals surface area contributed by atoms with Gasteiger partial charge in [0.05, 0.1) is 11.3 Å². The van der Waals surface area contributed by atoms with E-state index in [0.29, 0.717) is 0 Å². The number of benzene rings is 1. The van der Waals surface area contributed by atoms with Gasteiger partial charge in [0, 0.05) is 18.2 Å². The highest BCUT2D eigenvalue weighted by Crippen LogP contribution is 2.19. The van der Waals surface area contributed by atoms with E-state index in [2.05, 4.69) is 0 Å². The fraction of sp³-hybridized carbons (Fsp3) is 0.429. The predicted molar refractivity (Wildman–Crippen MR) is 78.1 cm³/mol. The van der Waals surface area contributed by atoms with Crippen LogP contribution in [0.15, 0.2) is 29.2 Å². The van der Waals surface area contributed by atoms with Crippen molar-refractivity contribution in [3.63, 3.8) is 0 Å². The van der Waals surface area contributed by atoms with Crippen LogP contribution in [0.1, 0.15) is 30.6 Å². The van der Waals surface area contributed by atoms with E-state index in [-0.39, 0.29) is 24.6 Å². The van der Waals surface area contributed by atoms with Crippen molar-refractivity contribution in [2.24, 2.45) is 0 Å². The van der Waals surface area contributed by atoms with Gasteiger partial charge in [-0.3, -0.25) is 9.59 Å². The first-order valence-corrected chi connectivity index (χ1v) is 8.27. The lowest BCUT2D eigenvalue weighted by atomic mass is 10.1. The van der Waals surface area contributed by atoms with Gasteiger partial charge in [-0.2, -0.15) is 8.78 Å². The number of carboxylic acids is 1. The number of hydrogen-bond donors (Lipinski definition) is 1. The quantitative estimate of drug-likeness (QED) is 0.813. The van der Waals surface area contributed by atoms with Gasteiger partial charge in [-0.05, 0) is 38.1 Å². The highest BCUT2D eigenvalue weighted by Gasteiger charge is 2.27. The van der Waals surface area contributed by atoms with E-state index in [4.69, 9.17) is 5.11 Å². The van der Waals surface area contributed by atoms with Gasteiger partial charge >= 0.3 is 11.7 Å². The number of hydrogen-bond acceptors (Lipinski definition) is 4. The van der Waals surface area contributed by atoms with E-state index in [1.807, 2.05) is 0 Å². The summed E-state index contributed by atoms with van der Waals surface area (Å²) >= 11 is 0. The van der Waals surface area contributed by atoms with Crippen LogP contribution in [0.5, 0.6) is 0 Å². The summed E-state index contributed by atoms with van der Waals surface area (Å²) in [6.07, 6.45) is -0.234. The van der Waals surface area contributed by atoms with Crippen molar-refractivity contribution < 1.29 is 31.9 Å². The standard InChI is InChI=1S/C14H17F2NO5S/c1-9(2)17(8-7-12(18)19)13(20)10-3-5-11(6-4-10)23(21,22)14(15)16/h3-6,9,14H,7-8H2,1-2H3,(H,18,19). The number of carbonyl (C=O) groups excluding carboxylic acids is 1. The van der Waals surface area contributed by atoms with E-state index in [1.54, 1.807) is 13.8 Å². The maximum atomic E-state index is 12.4. The highest BCUT2D eigenvalue weighted by atomic mass is 32.2. The molecule has 0 bridgehead atoms. The van der Waals surface area contributed by atoms with E-state index < -0.39 is 32.4 Å². The molecule has 0 fully saturated rings. The first-order valence-electron chi connectivity index (χ1n) is 6.72. The lowest BCUT2D eigenvalue weighted by Gasteiger charge is -2.26. The molecule has 9 heteroatoms. The van der Waals surface area contributed by atoms with Gasteiger partial charge in [0.1, 0.15) is 0 Å². The molecular weight excluding hydrogens is 332 g/mol. The highest BCUT2D eigenvalue weighted by molar-refractivity contribution is 7.91. The summed E-state index contributed by atoms with van der Waals surface area (Å²) in [5.74, 6) is -5.09. The molecule has 0 spiro atoms. The zero-order chi connectivity index (χ0) is 17.8. The first kappa shape index (κ1) is 19.0. The van der Waals surface area contributed by atoms with Crippen molar-refractivity contribution in [3.8, 4) is 0 Å². The molecule has 1 rings (SSSR count). The lowest BCUT2D eigenvalue weighted by Crippen LogP contribution is -2.38. The van der Waals surface area contributed by atoms with Crippen LogP contribution in [-0.2, 0) is 14.6 Å². The monoisotopic (exact) mass is 349 g/mol. The Kier molecular flexibility index (Phi) is 6.20. The number of sulfone groups is 1. The second kappa shape index (κ2) is 7.49. The number of rotatable bonds is 7. The van der Waals surface area contributed by atoms with Gasteiger partial charge in [-0.25, -0.2) is 8.42 Å². The molecule has 0 atom stereocenters. The van der Waals surface area contributed by atoms with E-state index in [1.165, 1.54) is 4.90 Å². The summed E-state index contributed by atoms with van der Waals surface area (Å²) in [5.41, 5.74) is 0.0947. The molecule has 0 heterocycles. The molecule has 0 aliphatic rings. The Labute approximate surface area is 132 Å². The maximum absolute atomic E-state index is 12.4.